The van der Waals surface area contributed by atoms with E-state index in [0.717, 1.165) is 25.7 Å². The number of rotatable bonds is 8. The lowest BCUT2D eigenvalue weighted by Gasteiger charge is -2.09. The molecule has 0 aliphatic rings. The van der Waals surface area contributed by atoms with Crippen LogP contribution >= 0.6 is 0 Å². The SMILES string of the molecule is CCCCCCNC(=O)c1ccc(CNC(=O)C(F)(F)F)cc1. The van der Waals surface area contributed by atoms with Crippen molar-refractivity contribution in [2.75, 3.05) is 6.54 Å². The fraction of sp³-hybridized carbons (Fsp3) is 0.500. The van der Waals surface area contributed by atoms with E-state index in [0.29, 0.717) is 17.7 Å². The van der Waals surface area contributed by atoms with E-state index in [1.165, 1.54) is 24.3 Å². The Morgan fingerprint density at radius 2 is 1.65 bits per heavy atom. The molecular weight excluding hydrogens is 309 g/mol. The van der Waals surface area contributed by atoms with E-state index >= 15 is 0 Å². The van der Waals surface area contributed by atoms with Crippen molar-refractivity contribution in [3.05, 3.63) is 35.4 Å². The number of benzene rings is 1. The fourth-order valence-corrected chi connectivity index (χ4v) is 1.91. The molecule has 0 atom stereocenters. The van der Waals surface area contributed by atoms with Gasteiger partial charge in [0.15, 0.2) is 0 Å². The van der Waals surface area contributed by atoms with Gasteiger partial charge in [0.05, 0.1) is 0 Å². The summed E-state index contributed by atoms with van der Waals surface area (Å²) in [6.45, 7) is 2.47. The lowest BCUT2D eigenvalue weighted by Crippen LogP contribution is -2.36. The van der Waals surface area contributed by atoms with Crippen LogP contribution in [0.2, 0.25) is 0 Å². The smallest absolute Gasteiger partial charge is 0.352 e. The third-order valence-electron chi connectivity index (χ3n) is 3.24. The molecule has 0 radical (unpaired) electrons. The maximum atomic E-state index is 12.1. The number of halogens is 3. The summed E-state index contributed by atoms with van der Waals surface area (Å²) >= 11 is 0. The monoisotopic (exact) mass is 330 g/mol. The van der Waals surface area contributed by atoms with Gasteiger partial charge in [0.1, 0.15) is 0 Å². The van der Waals surface area contributed by atoms with Gasteiger partial charge in [-0.1, -0.05) is 38.3 Å². The Balaban J connectivity index is 2.40. The number of hydrogen-bond donors (Lipinski definition) is 2. The van der Waals surface area contributed by atoms with Crippen LogP contribution in [-0.2, 0) is 11.3 Å². The van der Waals surface area contributed by atoms with Gasteiger partial charge in [0.2, 0.25) is 0 Å². The van der Waals surface area contributed by atoms with Crippen LogP contribution < -0.4 is 10.6 Å². The van der Waals surface area contributed by atoms with Crippen molar-refractivity contribution >= 4 is 11.8 Å². The summed E-state index contributed by atoms with van der Waals surface area (Å²) in [5.41, 5.74) is 0.925. The molecule has 23 heavy (non-hydrogen) atoms. The molecule has 0 spiro atoms. The molecule has 0 heterocycles. The molecule has 1 aromatic carbocycles. The van der Waals surface area contributed by atoms with Gasteiger partial charge in [-0.2, -0.15) is 13.2 Å². The lowest BCUT2D eigenvalue weighted by molar-refractivity contribution is -0.173. The molecule has 2 amide bonds. The molecule has 0 aliphatic carbocycles. The highest BCUT2D eigenvalue weighted by Gasteiger charge is 2.38. The van der Waals surface area contributed by atoms with Gasteiger partial charge >= 0.3 is 12.1 Å². The molecule has 0 unspecified atom stereocenters. The Bertz CT molecular complexity index is 513. The number of alkyl halides is 3. The molecule has 7 heteroatoms. The number of unbranched alkanes of at least 4 members (excludes halogenated alkanes) is 3. The third-order valence-corrected chi connectivity index (χ3v) is 3.24. The predicted molar refractivity (Wildman–Crippen MR) is 80.8 cm³/mol. The van der Waals surface area contributed by atoms with Gasteiger partial charge in [-0.15, -0.1) is 0 Å². The predicted octanol–water partition coefficient (Wildman–Crippen LogP) is 3.18. The number of carbonyl (C=O) groups excluding carboxylic acids is 2. The van der Waals surface area contributed by atoms with Crippen LogP contribution in [0.4, 0.5) is 13.2 Å². The number of amides is 2. The minimum Gasteiger partial charge on any atom is -0.352 e. The van der Waals surface area contributed by atoms with Gasteiger partial charge in [0, 0.05) is 18.7 Å². The summed E-state index contributed by atoms with van der Waals surface area (Å²) in [7, 11) is 0. The van der Waals surface area contributed by atoms with Gasteiger partial charge in [-0.05, 0) is 24.1 Å². The lowest BCUT2D eigenvalue weighted by atomic mass is 10.1. The maximum Gasteiger partial charge on any atom is 0.471 e. The Hall–Kier alpha value is -2.05. The summed E-state index contributed by atoms with van der Waals surface area (Å²) in [5.74, 6) is -2.20. The van der Waals surface area contributed by atoms with Crippen LogP contribution in [0, 0.1) is 0 Å². The molecule has 4 nitrogen and oxygen atoms in total. The fourth-order valence-electron chi connectivity index (χ4n) is 1.91. The Kier molecular flexibility index (Phi) is 7.57. The van der Waals surface area contributed by atoms with Crippen molar-refractivity contribution < 1.29 is 22.8 Å². The minimum atomic E-state index is -4.89. The highest BCUT2D eigenvalue weighted by molar-refractivity contribution is 5.94. The van der Waals surface area contributed by atoms with Crippen molar-refractivity contribution in [1.82, 2.24) is 10.6 Å². The van der Waals surface area contributed by atoms with Gasteiger partial charge in [0.25, 0.3) is 5.91 Å². The first-order valence-electron chi connectivity index (χ1n) is 7.56. The zero-order valence-electron chi connectivity index (χ0n) is 13.0. The number of nitrogens with one attached hydrogen (secondary N) is 2. The second-order valence-corrected chi connectivity index (χ2v) is 5.19. The molecule has 0 aromatic heterocycles. The van der Waals surface area contributed by atoms with E-state index in [-0.39, 0.29) is 12.5 Å². The maximum absolute atomic E-state index is 12.1. The average molecular weight is 330 g/mol. The Morgan fingerprint density at radius 3 is 2.22 bits per heavy atom. The highest BCUT2D eigenvalue weighted by atomic mass is 19.4. The van der Waals surface area contributed by atoms with Crippen LogP contribution in [0.5, 0.6) is 0 Å². The summed E-state index contributed by atoms with van der Waals surface area (Å²) < 4.78 is 36.2. The minimum absolute atomic E-state index is 0.215. The van der Waals surface area contributed by atoms with Crippen LogP contribution in [0.25, 0.3) is 0 Å². The summed E-state index contributed by atoms with van der Waals surface area (Å²) in [6, 6.07) is 6.08. The van der Waals surface area contributed by atoms with E-state index in [4.69, 9.17) is 0 Å². The molecule has 0 saturated heterocycles. The van der Waals surface area contributed by atoms with Crippen LogP contribution in [-0.4, -0.2) is 24.5 Å². The Morgan fingerprint density at radius 1 is 1.00 bits per heavy atom. The van der Waals surface area contributed by atoms with Crippen molar-refractivity contribution in [3.63, 3.8) is 0 Å². The summed E-state index contributed by atoms with van der Waals surface area (Å²) in [4.78, 5) is 22.6. The largest absolute Gasteiger partial charge is 0.471 e. The topological polar surface area (TPSA) is 58.2 Å². The molecule has 0 saturated carbocycles. The first-order valence-corrected chi connectivity index (χ1v) is 7.56. The molecule has 0 bridgehead atoms. The standard InChI is InChI=1S/C16H21F3N2O2/c1-2-3-4-5-10-20-14(22)13-8-6-12(7-9-13)11-21-15(23)16(17,18)19/h6-9H,2-5,10-11H2,1H3,(H,20,22)(H,21,23). The number of hydrogen-bond acceptors (Lipinski definition) is 2. The van der Waals surface area contributed by atoms with E-state index in [1.54, 1.807) is 5.32 Å². The van der Waals surface area contributed by atoms with Gasteiger partial charge in [-0.25, -0.2) is 0 Å². The van der Waals surface area contributed by atoms with E-state index in [1.807, 2.05) is 0 Å². The van der Waals surface area contributed by atoms with Crippen molar-refractivity contribution in [1.29, 1.82) is 0 Å². The molecule has 0 fully saturated rings. The average Bonchev–Trinajstić information content (AvgIpc) is 2.51. The van der Waals surface area contributed by atoms with Crippen LogP contribution in [0.3, 0.4) is 0 Å². The number of carbonyl (C=O) groups is 2. The third kappa shape index (κ3) is 7.17. The van der Waals surface area contributed by atoms with Crippen LogP contribution in [0.15, 0.2) is 24.3 Å². The van der Waals surface area contributed by atoms with Crippen molar-refractivity contribution in [2.45, 2.75) is 45.3 Å². The van der Waals surface area contributed by atoms with Gasteiger partial charge in [-0.3, -0.25) is 9.59 Å². The van der Waals surface area contributed by atoms with E-state index in [9.17, 15) is 22.8 Å². The molecule has 1 rings (SSSR count). The highest BCUT2D eigenvalue weighted by Crippen LogP contribution is 2.14. The Labute approximate surface area is 133 Å². The molecule has 128 valence electrons. The molecule has 1 aromatic rings. The molecule has 2 N–H and O–H groups in total. The normalized spacial score (nSPS) is 11.1. The van der Waals surface area contributed by atoms with E-state index in [2.05, 4.69) is 12.2 Å². The zero-order valence-corrected chi connectivity index (χ0v) is 13.0. The van der Waals surface area contributed by atoms with Gasteiger partial charge < -0.3 is 10.6 Å². The van der Waals surface area contributed by atoms with Crippen molar-refractivity contribution in [2.24, 2.45) is 0 Å². The zero-order chi connectivity index (χ0) is 17.3. The quantitative estimate of drug-likeness (QED) is 0.719. The first-order chi connectivity index (χ1) is 10.8. The molecule has 0 aliphatic heterocycles. The van der Waals surface area contributed by atoms with Crippen molar-refractivity contribution in [3.8, 4) is 0 Å². The second-order valence-electron chi connectivity index (χ2n) is 5.19. The van der Waals surface area contributed by atoms with Crippen LogP contribution in [0.1, 0.15) is 48.5 Å². The second kappa shape index (κ2) is 9.17. The van der Waals surface area contributed by atoms with E-state index < -0.39 is 12.1 Å². The first kappa shape index (κ1) is 19.0. The molecular formula is C16H21F3N2O2. The summed E-state index contributed by atoms with van der Waals surface area (Å²) in [6.07, 6.45) is -0.651. The summed E-state index contributed by atoms with van der Waals surface area (Å²) in [5, 5.41) is 4.57.